The summed E-state index contributed by atoms with van der Waals surface area (Å²) in [7, 11) is 3.42. The first kappa shape index (κ1) is 36.5. The summed E-state index contributed by atoms with van der Waals surface area (Å²) in [6.07, 6.45) is 16.9. The van der Waals surface area contributed by atoms with Crippen molar-refractivity contribution in [1.29, 1.82) is 0 Å². The highest BCUT2D eigenvalue weighted by molar-refractivity contribution is 9.10. The second-order valence-electron chi connectivity index (χ2n) is 20.1. The monoisotopic (exact) mass is 800 g/mol. The topological polar surface area (TPSA) is 36.9 Å². The van der Waals surface area contributed by atoms with Gasteiger partial charge in [-0.2, -0.15) is 0 Å². The first-order valence-electron chi connectivity index (χ1n) is 21.4. The molecule has 13 rings (SSSR count). The van der Waals surface area contributed by atoms with E-state index < -0.39 is 0 Å². The van der Waals surface area contributed by atoms with E-state index in [0.717, 1.165) is 70.2 Å². The van der Waals surface area contributed by atoms with Crippen LogP contribution < -0.4 is 14.9 Å². The SMILES string of the molecule is COc1ccc(-c2ccc3cc(Br)ccc3c2)cc1C12CC3CC(CC(C3)C1)C2.COc1ccc(B2OCC(C)(C)CO2)cc1C12CC3CC(CC(C3)C1)C2. The van der Waals surface area contributed by atoms with E-state index in [4.69, 9.17) is 18.8 Å². The van der Waals surface area contributed by atoms with Crippen LogP contribution in [0.5, 0.6) is 11.5 Å². The van der Waals surface area contributed by atoms with Crippen LogP contribution in [-0.2, 0) is 20.1 Å². The molecule has 0 atom stereocenters. The van der Waals surface area contributed by atoms with Crippen LogP contribution in [-0.4, -0.2) is 34.6 Å². The Kier molecular flexibility index (Phi) is 9.26. The van der Waals surface area contributed by atoms with Crippen LogP contribution in [0.4, 0.5) is 0 Å². The fraction of sp³-hybridized carbons (Fsp3) is 0.551. The van der Waals surface area contributed by atoms with Gasteiger partial charge >= 0.3 is 7.12 Å². The Morgan fingerprint density at radius 2 is 0.982 bits per heavy atom. The summed E-state index contributed by atoms with van der Waals surface area (Å²) in [5.41, 5.74) is 7.45. The fourth-order valence-corrected chi connectivity index (χ4v) is 14.1. The lowest BCUT2D eigenvalue weighted by molar-refractivity contribution is -0.00628. The predicted molar refractivity (Wildman–Crippen MR) is 227 cm³/mol. The number of methoxy groups -OCH3 is 2. The summed E-state index contributed by atoms with van der Waals surface area (Å²) in [6, 6.07) is 26.9. The van der Waals surface area contributed by atoms with E-state index in [2.05, 4.69) is 103 Å². The molecule has 0 radical (unpaired) electrons. The number of ether oxygens (including phenoxy) is 2. The minimum atomic E-state index is -0.235. The summed E-state index contributed by atoms with van der Waals surface area (Å²) in [4.78, 5) is 0. The molecule has 4 aromatic rings. The highest BCUT2D eigenvalue weighted by atomic mass is 79.9. The molecular formula is C49H58BBrO4. The third-order valence-corrected chi connectivity index (χ3v) is 15.8. The molecule has 4 aromatic carbocycles. The van der Waals surface area contributed by atoms with E-state index >= 15 is 0 Å². The Labute approximate surface area is 337 Å². The summed E-state index contributed by atoms with van der Waals surface area (Å²) < 4.78 is 25.0. The molecule has 8 aliphatic carbocycles. The van der Waals surface area contributed by atoms with Crippen LogP contribution in [0.2, 0.25) is 0 Å². The zero-order valence-electron chi connectivity index (χ0n) is 33.4. The van der Waals surface area contributed by atoms with Gasteiger partial charge in [-0.1, -0.05) is 66.2 Å². The molecule has 0 unspecified atom stereocenters. The van der Waals surface area contributed by atoms with Crippen molar-refractivity contribution in [3.05, 3.63) is 88.4 Å². The Morgan fingerprint density at radius 3 is 1.51 bits per heavy atom. The van der Waals surface area contributed by atoms with Crippen molar-refractivity contribution < 1.29 is 18.8 Å². The van der Waals surface area contributed by atoms with E-state index in [9.17, 15) is 0 Å². The van der Waals surface area contributed by atoms with Crippen LogP contribution in [0.25, 0.3) is 21.9 Å². The number of benzene rings is 4. The maximum atomic E-state index is 6.06. The van der Waals surface area contributed by atoms with Gasteiger partial charge in [0, 0.05) is 28.7 Å². The van der Waals surface area contributed by atoms with Gasteiger partial charge in [-0.05, 0) is 193 Å². The molecule has 288 valence electrons. The van der Waals surface area contributed by atoms with Gasteiger partial charge in [0.15, 0.2) is 0 Å². The molecule has 8 bridgehead atoms. The highest BCUT2D eigenvalue weighted by Gasteiger charge is 2.54. The van der Waals surface area contributed by atoms with Gasteiger partial charge in [0.1, 0.15) is 11.5 Å². The molecule has 55 heavy (non-hydrogen) atoms. The number of rotatable bonds is 6. The molecule has 9 fully saturated rings. The van der Waals surface area contributed by atoms with Crippen molar-refractivity contribution in [3.63, 3.8) is 0 Å². The fourth-order valence-electron chi connectivity index (χ4n) is 13.8. The molecule has 0 aromatic heterocycles. The van der Waals surface area contributed by atoms with E-state index in [-0.39, 0.29) is 12.5 Å². The maximum Gasteiger partial charge on any atom is 0.493 e. The van der Waals surface area contributed by atoms with Gasteiger partial charge in [0.05, 0.1) is 14.2 Å². The molecular weight excluding hydrogens is 743 g/mol. The molecule has 1 heterocycles. The lowest BCUT2D eigenvalue weighted by Crippen LogP contribution is -2.50. The van der Waals surface area contributed by atoms with Crippen molar-refractivity contribution in [2.24, 2.45) is 40.9 Å². The molecule has 9 aliphatic rings. The second kappa shape index (κ2) is 13.9. The van der Waals surface area contributed by atoms with Gasteiger partial charge in [0.25, 0.3) is 0 Å². The van der Waals surface area contributed by atoms with Crippen LogP contribution in [0.1, 0.15) is 102 Å². The van der Waals surface area contributed by atoms with Crippen molar-refractivity contribution in [1.82, 2.24) is 0 Å². The standard InChI is InChI=1S/C27H27BrO.C22H31BO3/c1-29-26-7-5-23(20-2-3-22-12-24(28)6-4-21(22)11-20)13-25(26)27-14-17-8-18(15-27)10-19(9-17)16-27;1-21(2)13-25-23(26-14-21)18-4-5-20(24-3)19(9-18)22-10-15-6-16(11-22)8-17(7-15)12-22/h2-7,11-13,17-19H,8-10,14-16H2,1H3;4-5,9,15-17H,6-8,10-14H2,1-3H3. The summed E-state index contributed by atoms with van der Waals surface area (Å²) in [5, 5.41) is 2.57. The minimum absolute atomic E-state index is 0.103. The van der Waals surface area contributed by atoms with Gasteiger partial charge in [-0.25, -0.2) is 0 Å². The van der Waals surface area contributed by atoms with E-state index in [1.807, 2.05) is 14.2 Å². The summed E-state index contributed by atoms with van der Waals surface area (Å²) >= 11 is 3.58. The van der Waals surface area contributed by atoms with Crippen LogP contribution in [0, 0.1) is 40.9 Å². The van der Waals surface area contributed by atoms with E-state index in [0.29, 0.717) is 10.8 Å². The first-order chi connectivity index (χ1) is 26.6. The molecule has 1 saturated heterocycles. The van der Waals surface area contributed by atoms with Gasteiger partial charge < -0.3 is 18.8 Å². The maximum absolute atomic E-state index is 6.06. The van der Waals surface area contributed by atoms with Crippen molar-refractivity contribution in [3.8, 4) is 22.6 Å². The number of hydrogen-bond donors (Lipinski definition) is 0. The van der Waals surface area contributed by atoms with Crippen molar-refractivity contribution >= 4 is 39.3 Å². The average molecular weight is 802 g/mol. The smallest absolute Gasteiger partial charge is 0.493 e. The van der Waals surface area contributed by atoms with Crippen LogP contribution >= 0.6 is 15.9 Å². The summed E-state index contributed by atoms with van der Waals surface area (Å²) in [5.74, 6) is 7.76. The molecule has 1 aliphatic heterocycles. The van der Waals surface area contributed by atoms with Crippen LogP contribution in [0.15, 0.2) is 77.3 Å². The predicted octanol–water partition coefficient (Wildman–Crippen LogP) is 11.7. The third kappa shape index (κ3) is 6.78. The average Bonchev–Trinajstić information content (AvgIpc) is 3.16. The normalized spacial score (nSPS) is 33.7. The largest absolute Gasteiger partial charge is 0.496 e. The van der Waals surface area contributed by atoms with E-state index in [1.54, 1.807) is 0 Å². The lowest BCUT2D eigenvalue weighted by atomic mass is 9.47. The molecule has 8 saturated carbocycles. The molecule has 4 nitrogen and oxygen atoms in total. The third-order valence-electron chi connectivity index (χ3n) is 15.3. The van der Waals surface area contributed by atoms with Crippen molar-refractivity contribution in [2.45, 2.75) is 102 Å². The first-order valence-corrected chi connectivity index (χ1v) is 22.2. The zero-order chi connectivity index (χ0) is 37.5. The number of hydrogen-bond acceptors (Lipinski definition) is 4. The van der Waals surface area contributed by atoms with Gasteiger partial charge in [-0.15, -0.1) is 0 Å². The zero-order valence-corrected chi connectivity index (χ0v) is 35.0. The number of fused-ring (bicyclic) bond motifs is 1. The minimum Gasteiger partial charge on any atom is -0.496 e. The molecule has 6 heteroatoms. The summed E-state index contributed by atoms with van der Waals surface area (Å²) in [6.45, 7) is 5.88. The Bertz CT molecular complexity index is 2010. The lowest BCUT2D eigenvalue weighted by Gasteiger charge is -2.57. The second-order valence-corrected chi connectivity index (χ2v) is 21.0. The Hall–Kier alpha value is -2.80. The molecule has 0 N–H and O–H groups in total. The Morgan fingerprint density at radius 1 is 0.545 bits per heavy atom. The van der Waals surface area contributed by atoms with E-state index in [1.165, 1.54) is 110 Å². The quantitative estimate of drug-likeness (QED) is 0.182. The highest BCUT2D eigenvalue weighted by Crippen LogP contribution is 2.63. The number of halogens is 1. The van der Waals surface area contributed by atoms with Gasteiger partial charge in [0.2, 0.25) is 0 Å². The van der Waals surface area contributed by atoms with Crippen LogP contribution in [0.3, 0.4) is 0 Å². The molecule has 0 spiro atoms. The van der Waals surface area contributed by atoms with Crippen molar-refractivity contribution in [2.75, 3.05) is 27.4 Å². The van der Waals surface area contributed by atoms with Gasteiger partial charge in [-0.3, -0.25) is 0 Å². The Balaban J connectivity index is 0.000000136. The molecule has 0 amide bonds.